The normalized spacial score (nSPS) is 11.1. The van der Waals surface area contributed by atoms with Crippen LogP contribution in [-0.2, 0) is 0 Å². The number of aryl methyl sites for hydroxylation is 2. The minimum absolute atomic E-state index is 0.305. The van der Waals surface area contributed by atoms with E-state index in [4.69, 9.17) is 16.3 Å². The van der Waals surface area contributed by atoms with Gasteiger partial charge >= 0.3 is 0 Å². The van der Waals surface area contributed by atoms with E-state index in [9.17, 15) is 4.39 Å². The van der Waals surface area contributed by atoms with Crippen molar-refractivity contribution in [3.8, 4) is 11.5 Å². The summed E-state index contributed by atoms with van der Waals surface area (Å²) in [7, 11) is 0. The summed E-state index contributed by atoms with van der Waals surface area (Å²) < 4.78 is 19.2. The van der Waals surface area contributed by atoms with E-state index < -0.39 is 5.82 Å². The lowest BCUT2D eigenvalue weighted by atomic mass is 10.1. The lowest BCUT2D eigenvalue weighted by molar-refractivity contribution is 0.472. The molecule has 2 aromatic rings. The number of nitrogens with zero attached hydrogens (tertiary/aromatic N) is 2. The van der Waals surface area contributed by atoms with Gasteiger partial charge in [-0.1, -0.05) is 11.6 Å². The van der Waals surface area contributed by atoms with Crippen molar-refractivity contribution >= 4 is 23.6 Å². The summed E-state index contributed by atoms with van der Waals surface area (Å²) in [5.74, 6) is 0.616. The third-order valence-corrected chi connectivity index (χ3v) is 3.95. The molecular weight excluding hydrogens is 327 g/mol. The van der Waals surface area contributed by atoms with Crippen LogP contribution in [0, 0.1) is 19.7 Å². The van der Waals surface area contributed by atoms with Gasteiger partial charge < -0.3 is 9.64 Å². The van der Waals surface area contributed by atoms with Crippen molar-refractivity contribution in [2.24, 2.45) is 4.99 Å². The van der Waals surface area contributed by atoms with E-state index >= 15 is 0 Å². The van der Waals surface area contributed by atoms with Crippen molar-refractivity contribution in [3.63, 3.8) is 0 Å². The highest BCUT2D eigenvalue weighted by molar-refractivity contribution is 6.30. The predicted octanol–water partition coefficient (Wildman–Crippen LogP) is 5.89. The van der Waals surface area contributed by atoms with E-state index in [0.29, 0.717) is 16.5 Å². The van der Waals surface area contributed by atoms with E-state index in [-0.39, 0.29) is 0 Å². The maximum absolute atomic E-state index is 13.4. The first-order chi connectivity index (χ1) is 11.4. The first kappa shape index (κ1) is 18.3. The smallest absolute Gasteiger partial charge is 0.131 e. The number of benzene rings is 2. The Morgan fingerprint density at radius 3 is 2.42 bits per heavy atom. The van der Waals surface area contributed by atoms with E-state index in [1.54, 1.807) is 6.07 Å². The standard InChI is InChI=1S/C19H22ClFN2O/c1-5-23(6-2)12-22-18-7-14(4)19(8-13(18)3)24-17-10-15(20)9-16(21)11-17/h7-12H,5-6H2,1-4H3. The summed E-state index contributed by atoms with van der Waals surface area (Å²) in [4.78, 5) is 6.67. The number of halogens is 2. The highest BCUT2D eigenvalue weighted by Crippen LogP contribution is 2.32. The first-order valence-corrected chi connectivity index (χ1v) is 8.34. The Hall–Kier alpha value is -2.07. The molecule has 128 valence electrons. The van der Waals surface area contributed by atoms with Crippen LogP contribution < -0.4 is 4.74 Å². The molecule has 2 aromatic carbocycles. The lowest BCUT2D eigenvalue weighted by Gasteiger charge is -2.15. The summed E-state index contributed by atoms with van der Waals surface area (Å²) in [6, 6.07) is 8.02. The van der Waals surface area contributed by atoms with E-state index in [2.05, 4.69) is 23.7 Å². The van der Waals surface area contributed by atoms with Crippen LogP contribution in [0.2, 0.25) is 5.02 Å². The van der Waals surface area contributed by atoms with Gasteiger partial charge in [0.25, 0.3) is 0 Å². The second-order valence-electron chi connectivity index (χ2n) is 5.58. The summed E-state index contributed by atoms with van der Waals surface area (Å²) in [5, 5.41) is 0.305. The Balaban J connectivity index is 2.26. The monoisotopic (exact) mass is 348 g/mol. The molecule has 0 fully saturated rings. The molecule has 0 heterocycles. The van der Waals surface area contributed by atoms with Crippen molar-refractivity contribution in [3.05, 3.63) is 52.3 Å². The average molecular weight is 349 g/mol. The second-order valence-corrected chi connectivity index (χ2v) is 6.01. The van der Waals surface area contributed by atoms with Crippen LogP contribution in [0.3, 0.4) is 0 Å². The van der Waals surface area contributed by atoms with Crippen LogP contribution in [-0.4, -0.2) is 24.3 Å². The zero-order valence-electron chi connectivity index (χ0n) is 14.4. The van der Waals surface area contributed by atoms with Gasteiger partial charge in [-0.2, -0.15) is 0 Å². The van der Waals surface area contributed by atoms with Gasteiger partial charge in [-0.15, -0.1) is 0 Å². The number of rotatable bonds is 6. The fourth-order valence-electron chi connectivity index (χ4n) is 2.27. The largest absolute Gasteiger partial charge is 0.457 e. The molecule has 0 aromatic heterocycles. The third-order valence-electron chi connectivity index (χ3n) is 3.73. The van der Waals surface area contributed by atoms with Gasteiger partial charge in [-0.25, -0.2) is 9.38 Å². The molecular formula is C19H22ClFN2O. The Kier molecular flexibility index (Phi) is 6.21. The average Bonchev–Trinajstić information content (AvgIpc) is 2.51. The molecule has 0 unspecified atom stereocenters. The van der Waals surface area contributed by atoms with Gasteiger partial charge in [0.05, 0.1) is 12.0 Å². The van der Waals surface area contributed by atoms with Gasteiger partial charge in [0.15, 0.2) is 0 Å². The highest BCUT2D eigenvalue weighted by atomic mass is 35.5. The molecule has 0 N–H and O–H groups in total. The minimum Gasteiger partial charge on any atom is -0.457 e. The molecule has 0 atom stereocenters. The summed E-state index contributed by atoms with van der Waals surface area (Å²) >= 11 is 5.87. The summed E-state index contributed by atoms with van der Waals surface area (Å²) in [6.45, 7) is 9.92. The van der Waals surface area contributed by atoms with Crippen LogP contribution in [0.5, 0.6) is 11.5 Å². The van der Waals surface area contributed by atoms with Crippen molar-refractivity contribution in [1.82, 2.24) is 4.90 Å². The molecule has 3 nitrogen and oxygen atoms in total. The third kappa shape index (κ3) is 4.71. The Bertz CT molecular complexity index is 722. The minimum atomic E-state index is -0.424. The fraction of sp³-hybridized carbons (Fsp3) is 0.316. The Labute approximate surface area is 147 Å². The maximum atomic E-state index is 13.4. The van der Waals surface area contributed by atoms with Gasteiger partial charge in [0, 0.05) is 24.2 Å². The fourth-order valence-corrected chi connectivity index (χ4v) is 2.48. The molecule has 0 aliphatic rings. The zero-order valence-corrected chi connectivity index (χ0v) is 15.2. The van der Waals surface area contributed by atoms with E-state index in [0.717, 1.165) is 29.9 Å². The number of hydrogen-bond donors (Lipinski definition) is 0. The summed E-state index contributed by atoms with van der Waals surface area (Å²) in [5.41, 5.74) is 2.80. The van der Waals surface area contributed by atoms with Crippen LogP contribution in [0.1, 0.15) is 25.0 Å². The van der Waals surface area contributed by atoms with Crippen molar-refractivity contribution in [2.45, 2.75) is 27.7 Å². The molecule has 0 saturated carbocycles. The quantitative estimate of drug-likeness (QED) is 0.480. The SMILES string of the molecule is CCN(C=Nc1cc(C)c(Oc2cc(F)cc(Cl)c2)cc1C)CC. The molecule has 24 heavy (non-hydrogen) atoms. The Morgan fingerprint density at radius 1 is 1.08 bits per heavy atom. The van der Waals surface area contributed by atoms with Gasteiger partial charge in [-0.3, -0.25) is 0 Å². The van der Waals surface area contributed by atoms with Crippen molar-refractivity contribution in [2.75, 3.05) is 13.1 Å². The number of aliphatic imine (C=N–C) groups is 1. The number of ether oxygens (including phenoxy) is 1. The summed E-state index contributed by atoms with van der Waals surface area (Å²) in [6.07, 6.45) is 1.86. The lowest BCUT2D eigenvalue weighted by Crippen LogP contribution is -2.20. The van der Waals surface area contributed by atoms with E-state index in [1.165, 1.54) is 12.1 Å². The van der Waals surface area contributed by atoms with Gasteiger partial charge in [0.1, 0.15) is 17.3 Å². The molecule has 2 rings (SSSR count). The molecule has 0 aliphatic carbocycles. The second kappa shape index (κ2) is 8.15. The first-order valence-electron chi connectivity index (χ1n) is 7.96. The molecule has 0 radical (unpaired) electrons. The number of hydrogen-bond acceptors (Lipinski definition) is 2. The molecule has 0 aliphatic heterocycles. The van der Waals surface area contributed by atoms with Crippen LogP contribution >= 0.6 is 11.6 Å². The van der Waals surface area contributed by atoms with Gasteiger partial charge in [-0.05, 0) is 63.1 Å². The highest BCUT2D eigenvalue weighted by Gasteiger charge is 2.08. The van der Waals surface area contributed by atoms with Crippen molar-refractivity contribution in [1.29, 1.82) is 0 Å². The van der Waals surface area contributed by atoms with Crippen LogP contribution in [0.4, 0.5) is 10.1 Å². The maximum Gasteiger partial charge on any atom is 0.131 e. The predicted molar refractivity (Wildman–Crippen MR) is 98.5 cm³/mol. The van der Waals surface area contributed by atoms with E-state index in [1.807, 2.05) is 32.3 Å². The van der Waals surface area contributed by atoms with Gasteiger partial charge in [0.2, 0.25) is 0 Å². The molecule has 5 heteroatoms. The van der Waals surface area contributed by atoms with Crippen molar-refractivity contribution < 1.29 is 9.13 Å². The Morgan fingerprint density at radius 2 is 1.79 bits per heavy atom. The topological polar surface area (TPSA) is 24.8 Å². The van der Waals surface area contributed by atoms with Crippen LogP contribution in [0.25, 0.3) is 0 Å². The molecule has 0 saturated heterocycles. The molecule has 0 amide bonds. The molecule has 0 bridgehead atoms. The van der Waals surface area contributed by atoms with Crippen LogP contribution in [0.15, 0.2) is 35.3 Å². The molecule has 0 spiro atoms. The zero-order chi connectivity index (χ0) is 17.7.